The monoisotopic (exact) mass is 648 g/mol. The number of carbonyl (C=O) groups excluding carboxylic acids is 3. The van der Waals surface area contributed by atoms with Gasteiger partial charge in [-0.1, -0.05) is 66.7 Å². The van der Waals surface area contributed by atoms with Gasteiger partial charge in [0.25, 0.3) is 11.8 Å². The van der Waals surface area contributed by atoms with Crippen LogP contribution < -0.4 is 20.7 Å². The summed E-state index contributed by atoms with van der Waals surface area (Å²) in [5.74, 6) is -0.510. The minimum absolute atomic E-state index is 0.0534. The quantitative estimate of drug-likeness (QED) is 0.0944. The number of hydrogen-bond acceptors (Lipinski definition) is 7. The fraction of sp³-hybridized carbons (Fsp3) is 0.111. The summed E-state index contributed by atoms with van der Waals surface area (Å²) in [7, 11) is 0. The lowest BCUT2D eigenvalue weighted by atomic mass is 10.1. The van der Waals surface area contributed by atoms with Crippen molar-refractivity contribution in [2.75, 3.05) is 17.2 Å². The summed E-state index contributed by atoms with van der Waals surface area (Å²) in [5.41, 5.74) is 3.34. The Morgan fingerprint density at radius 1 is 0.870 bits per heavy atom. The average molecular weight is 649 g/mol. The highest BCUT2D eigenvalue weighted by Gasteiger charge is 2.23. The maximum Gasteiger partial charge on any atom is 0.272 e. The molecule has 0 aliphatic heterocycles. The number of carbonyl (C=O) groups is 3. The van der Waals surface area contributed by atoms with Gasteiger partial charge < -0.3 is 20.7 Å². The van der Waals surface area contributed by atoms with E-state index in [9.17, 15) is 14.4 Å². The number of nitrogens with zero attached hydrogens (tertiary/aromatic N) is 1. The van der Waals surface area contributed by atoms with Gasteiger partial charge in [-0.2, -0.15) is 0 Å². The number of anilines is 2. The summed E-state index contributed by atoms with van der Waals surface area (Å²) in [6.07, 6.45) is 1.60. The summed E-state index contributed by atoms with van der Waals surface area (Å²) in [5, 5.41) is 10.5. The molecule has 10 heteroatoms. The van der Waals surface area contributed by atoms with Crippen LogP contribution in [0.25, 0.3) is 6.08 Å². The third-order valence-electron chi connectivity index (χ3n) is 6.60. The van der Waals surface area contributed by atoms with Crippen LogP contribution in [0.15, 0.2) is 125 Å². The van der Waals surface area contributed by atoms with E-state index in [1.165, 1.54) is 23.1 Å². The number of nitrogens with one attached hydrogen (secondary N) is 3. The van der Waals surface area contributed by atoms with Gasteiger partial charge >= 0.3 is 0 Å². The van der Waals surface area contributed by atoms with Crippen molar-refractivity contribution in [2.24, 2.45) is 0 Å². The number of thioether (sulfide) groups is 1. The SMILES string of the molecule is CCOc1ccccc1/C=C(\NC(=O)c1ccccc1)C(=O)Nc1ccc(SC(C(=O)Nc2nc(C)cs2)c2ccccc2)cc1. The number of para-hydroxylation sites is 1. The lowest BCUT2D eigenvalue weighted by Gasteiger charge is -2.17. The second-order valence-electron chi connectivity index (χ2n) is 10.0. The summed E-state index contributed by atoms with van der Waals surface area (Å²) in [6, 6.07) is 32.7. The van der Waals surface area contributed by atoms with Crippen LogP contribution in [0.3, 0.4) is 0 Å². The molecule has 46 heavy (non-hydrogen) atoms. The molecule has 0 aliphatic carbocycles. The zero-order chi connectivity index (χ0) is 32.3. The fourth-order valence-corrected chi connectivity index (χ4v) is 6.13. The topological polar surface area (TPSA) is 109 Å². The molecule has 0 fully saturated rings. The Morgan fingerprint density at radius 2 is 1.54 bits per heavy atom. The first-order chi connectivity index (χ1) is 22.4. The van der Waals surface area contributed by atoms with Gasteiger partial charge in [-0.15, -0.1) is 23.1 Å². The average Bonchev–Trinajstić information content (AvgIpc) is 3.49. The van der Waals surface area contributed by atoms with Crippen LogP contribution in [-0.2, 0) is 9.59 Å². The standard InChI is InChI=1S/C36H32N4O4S2/c1-3-44-31-17-11-10-16-27(31)22-30(39-33(41)26-14-8-5-9-15-26)34(42)38-28-18-20-29(21-19-28)46-32(25-12-6-4-7-13-25)35(43)40-36-37-24(2)23-45-36/h4-23,32H,3H2,1-2H3,(H,38,42)(H,39,41)(H,37,40,43)/b30-22-. The molecule has 4 aromatic carbocycles. The van der Waals surface area contributed by atoms with Gasteiger partial charge in [-0.3, -0.25) is 14.4 Å². The molecule has 3 N–H and O–H groups in total. The van der Waals surface area contributed by atoms with Crippen LogP contribution in [0.4, 0.5) is 10.8 Å². The Balaban J connectivity index is 1.34. The van der Waals surface area contributed by atoms with Gasteiger partial charge in [-0.05, 0) is 68.0 Å². The second-order valence-corrected chi connectivity index (χ2v) is 12.1. The molecule has 0 saturated heterocycles. The van der Waals surface area contributed by atoms with E-state index >= 15 is 0 Å². The minimum atomic E-state index is -0.529. The van der Waals surface area contributed by atoms with Crippen molar-refractivity contribution in [2.45, 2.75) is 24.0 Å². The van der Waals surface area contributed by atoms with Gasteiger partial charge in [0.1, 0.15) is 16.7 Å². The maximum absolute atomic E-state index is 13.6. The van der Waals surface area contributed by atoms with Crippen LogP contribution in [0.5, 0.6) is 5.75 Å². The van der Waals surface area contributed by atoms with Crippen molar-refractivity contribution in [3.05, 3.63) is 143 Å². The van der Waals surface area contributed by atoms with Crippen molar-refractivity contribution < 1.29 is 19.1 Å². The first-order valence-corrected chi connectivity index (χ1v) is 16.3. The highest BCUT2D eigenvalue weighted by atomic mass is 32.2. The number of aromatic nitrogens is 1. The number of ether oxygens (including phenoxy) is 1. The highest BCUT2D eigenvalue weighted by molar-refractivity contribution is 8.00. The Hall–Kier alpha value is -5.19. The number of thiazole rings is 1. The van der Waals surface area contributed by atoms with E-state index in [0.29, 0.717) is 34.3 Å². The summed E-state index contributed by atoms with van der Waals surface area (Å²) in [4.78, 5) is 45.2. The third kappa shape index (κ3) is 8.71. The minimum Gasteiger partial charge on any atom is -0.493 e. The molecule has 0 bridgehead atoms. The molecule has 1 heterocycles. The van der Waals surface area contributed by atoms with E-state index in [0.717, 1.165) is 16.2 Å². The number of hydrogen-bond donors (Lipinski definition) is 3. The molecule has 5 rings (SSSR count). The molecule has 1 unspecified atom stereocenters. The van der Waals surface area contributed by atoms with Crippen LogP contribution in [-0.4, -0.2) is 29.3 Å². The summed E-state index contributed by atoms with van der Waals surface area (Å²) in [6.45, 7) is 4.21. The van der Waals surface area contributed by atoms with Crippen molar-refractivity contribution in [1.82, 2.24) is 10.3 Å². The van der Waals surface area contributed by atoms with Crippen LogP contribution in [0.1, 0.15) is 39.4 Å². The molecular weight excluding hydrogens is 617 g/mol. The van der Waals surface area contributed by atoms with Crippen LogP contribution in [0, 0.1) is 6.92 Å². The fourth-order valence-electron chi connectivity index (χ4n) is 4.42. The second kappa shape index (κ2) is 15.7. The zero-order valence-electron chi connectivity index (χ0n) is 25.2. The Labute approximate surface area is 275 Å². The number of amides is 3. The van der Waals surface area contributed by atoms with E-state index in [2.05, 4.69) is 20.9 Å². The van der Waals surface area contributed by atoms with Crippen molar-refractivity contribution in [1.29, 1.82) is 0 Å². The number of benzene rings is 4. The van der Waals surface area contributed by atoms with E-state index in [4.69, 9.17) is 4.74 Å². The molecular formula is C36H32N4O4S2. The smallest absolute Gasteiger partial charge is 0.272 e. The molecule has 5 aromatic rings. The summed E-state index contributed by atoms with van der Waals surface area (Å²) < 4.78 is 5.73. The van der Waals surface area contributed by atoms with E-state index in [-0.39, 0.29) is 11.6 Å². The molecule has 1 atom stereocenters. The molecule has 8 nitrogen and oxygen atoms in total. The molecule has 0 radical (unpaired) electrons. The predicted octanol–water partition coefficient (Wildman–Crippen LogP) is 7.73. The van der Waals surface area contributed by atoms with Crippen LogP contribution >= 0.6 is 23.1 Å². The van der Waals surface area contributed by atoms with E-state index < -0.39 is 17.1 Å². The number of aryl methyl sites for hydroxylation is 1. The van der Waals surface area contributed by atoms with Crippen molar-refractivity contribution in [3.63, 3.8) is 0 Å². The lowest BCUT2D eigenvalue weighted by molar-refractivity contribution is -0.116. The van der Waals surface area contributed by atoms with Gasteiger partial charge in [0.15, 0.2) is 5.13 Å². The normalized spacial score (nSPS) is 11.7. The van der Waals surface area contributed by atoms with E-state index in [1.54, 1.807) is 48.5 Å². The predicted molar refractivity (Wildman–Crippen MR) is 185 cm³/mol. The van der Waals surface area contributed by atoms with Crippen molar-refractivity contribution in [3.8, 4) is 5.75 Å². The lowest BCUT2D eigenvalue weighted by Crippen LogP contribution is -2.30. The molecule has 1 aromatic heterocycles. The maximum atomic E-state index is 13.6. The molecule has 0 saturated carbocycles. The van der Waals surface area contributed by atoms with Crippen molar-refractivity contribution >= 4 is 57.7 Å². The molecule has 3 amide bonds. The molecule has 232 valence electrons. The van der Waals surface area contributed by atoms with Gasteiger partial charge in [0.05, 0.1) is 12.3 Å². The summed E-state index contributed by atoms with van der Waals surface area (Å²) >= 11 is 2.78. The Kier molecular flexibility index (Phi) is 11.0. The van der Waals surface area contributed by atoms with Gasteiger partial charge in [0, 0.05) is 27.1 Å². The molecule has 0 spiro atoms. The third-order valence-corrected chi connectivity index (χ3v) is 8.75. The zero-order valence-corrected chi connectivity index (χ0v) is 26.9. The Morgan fingerprint density at radius 3 is 2.22 bits per heavy atom. The number of rotatable bonds is 12. The first kappa shape index (κ1) is 32.2. The van der Waals surface area contributed by atoms with Gasteiger partial charge in [0.2, 0.25) is 5.91 Å². The first-order valence-electron chi connectivity index (χ1n) is 14.6. The molecule has 0 aliphatic rings. The largest absolute Gasteiger partial charge is 0.493 e. The Bertz CT molecular complexity index is 1820. The van der Waals surface area contributed by atoms with Crippen LogP contribution in [0.2, 0.25) is 0 Å². The highest BCUT2D eigenvalue weighted by Crippen LogP contribution is 2.37. The van der Waals surface area contributed by atoms with E-state index in [1.807, 2.05) is 86.0 Å². The van der Waals surface area contributed by atoms with Gasteiger partial charge in [-0.25, -0.2) is 4.98 Å².